The molecule has 0 spiro atoms. The van der Waals surface area contributed by atoms with Crippen LogP contribution in [0.2, 0.25) is 0 Å². The van der Waals surface area contributed by atoms with E-state index in [0.29, 0.717) is 17.8 Å². The molecular weight excluding hydrogens is 395 g/mol. The Morgan fingerprint density at radius 1 is 1.26 bits per heavy atom. The van der Waals surface area contributed by atoms with Gasteiger partial charge in [-0.1, -0.05) is 12.1 Å². The fraction of sp³-hybridized carbons (Fsp3) is 0.333. The Labute approximate surface area is 181 Å². The molecule has 1 amide bonds. The van der Waals surface area contributed by atoms with Gasteiger partial charge in [0.05, 0.1) is 7.11 Å². The predicted molar refractivity (Wildman–Crippen MR) is 117 cm³/mol. The number of ether oxygens (including phenoxy) is 1. The zero-order chi connectivity index (χ0) is 21.8. The summed E-state index contributed by atoms with van der Waals surface area (Å²) in [6.07, 6.45) is 5.35. The van der Waals surface area contributed by atoms with Crippen molar-refractivity contribution < 1.29 is 13.9 Å². The van der Waals surface area contributed by atoms with Gasteiger partial charge in [0.2, 0.25) is 0 Å². The molecule has 1 saturated heterocycles. The number of hydrogen-bond donors (Lipinski definition) is 1. The van der Waals surface area contributed by atoms with Crippen molar-refractivity contribution in [3.05, 3.63) is 77.9 Å². The summed E-state index contributed by atoms with van der Waals surface area (Å²) >= 11 is 0. The highest BCUT2D eigenvalue weighted by Crippen LogP contribution is 2.35. The van der Waals surface area contributed by atoms with Gasteiger partial charge >= 0.3 is 0 Å². The summed E-state index contributed by atoms with van der Waals surface area (Å²) in [5, 5.41) is 7.05. The van der Waals surface area contributed by atoms with Crippen molar-refractivity contribution in [3.8, 4) is 11.4 Å². The smallest absolute Gasteiger partial charge is 0.251 e. The number of halogens is 1. The van der Waals surface area contributed by atoms with Crippen LogP contribution >= 0.6 is 0 Å². The van der Waals surface area contributed by atoms with E-state index in [1.165, 1.54) is 16.3 Å². The third kappa shape index (κ3) is 4.61. The second kappa shape index (κ2) is 9.31. The molecule has 0 bridgehead atoms. The molecular formula is C24H27FN4O2. The highest BCUT2D eigenvalue weighted by molar-refractivity contribution is 5.94. The van der Waals surface area contributed by atoms with E-state index in [1.54, 1.807) is 37.7 Å². The van der Waals surface area contributed by atoms with E-state index in [9.17, 15) is 9.18 Å². The minimum atomic E-state index is -0.482. The van der Waals surface area contributed by atoms with Gasteiger partial charge in [-0.25, -0.2) is 9.07 Å². The second-order valence-electron chi connectivity index (χ2n) is 7.93. The quantitative estimate of drug-likeness (QED) is 0.656. The third-order valence-electron chi connectivity index (χ3n) is 5.95. The lowest BCUT2D eigenvalue weighted by Gasteiger charge is -2.39. The van der Waals surface area contributed by atoms with Gasteiger partial charge in [0, 0.05) is 30.5 Å². The minimum Gasteiger partial charge on any atom is -0.497 e. The molecule has 1 fully saturated rings. The molecule has 31 heavy (non-hydrogen) atoms. The molecule has 1 aromatic heterocycles. The predicted octanol–water partition coefficient (Wildman–Crippen LogP) is 3.83. The number of piperidine rings is 1. The van der Waals surface area contributed by atoms with E-state index < -0.39 is 5.82 Å². The van der Waals surface area contributed by atoms with Crippen molar-refractivity contribution in [2.75, 3.05) is 27.2 Å². The van der Waals surface area contributed by atoms with Gasteiger partial charge in [0.15, 0.2) is 0 Å². The highest BCUT2D eigenvalue weighted by Gasteiger charge is 2.30. The number of benzene rings is 2. The lowest BCUT2D eigenvalue weighted by molar-refractivity contribution is 0.0891. The molecule has 0 aliphatic carbocycles. The third-order valence-corrected chi connectivity index (χ3v) is 5.95. The van der Waals surface area contributed by atoms with Crippen LogP contribution in [0.4, 0.5) is 4.39 Å². The average molecular weight is 423 g/mol. The number of methoxy groups -OCH3 is 1. The number of likely N-dealkylation sites (tertiary alicyclic amines) is 1. The Bertz CT molecular complexity index is 1020. The van der Waals surface area contributed by atoms with Crippen LogP contribution in [-0.4, -0.2) is 47.8 Å². The first kappa shape index (κ1) is 21.1. The maximum absolute atomic E-state index is 14.5. The van der Waals surface area contributed by atoms with Crippen LogP contribution in [0, 0.1) is 11.7 Å². The first-order valence-corrected chi connectivity index (χ1v) is 10.5. The molecule has 1 aliphatic rings. The van der Waals surface area contributed by atoms with E-state index in [1.807, 2.05) is 12.1 Å². The number of rotatable bonds is 6. The van der Waals surface area contributed by atoms with Crippen LogP contribution in [0.25, 0.3) is 5.69 Å². The van der Waals surface area contributed by atoms with Gasteiger partial charge in [-0.3, -0.25) is 9.69 Å². The number of aromatic nitrogens is 2. The summed E-state index contributed by atoms with van der Waals surface area (Å²) in [4.78, 5) is 15.0. The van der Waals surface area contributed by atoms with Crippen LogP contribution in [0.3, 0.4) is 0 Å². The molecule has 2 atom stereocenters. The first-order valence-electron chi connectivity index (χ1n) is 10.5. The lowest BCUT2D eigenvalue weighted by Crippen LogP contribution is -2.41. The molecule has 3 aromatic rings. The van der Waals surface area contributed by atoms with Crippen LogP contribution in [-0.2, 0) is 0 Å². The summed E-state index contributed by atoms with van der Waals surface area (Å²) in [6.45, 7) is 1.55. The monoisotopic (exact) mass is 422 g/mol. The topological polar surface area (TPSA) is 59.4 Å². The van der Waals surface area contributed by atoms with Crippen molar-refractivity contribution in [2.24, 2.45) is 5.92 Å². The van der Waals surface area contributed by atoms with Gasteiger partial charge in [0.1, 0.15) is 17.3 Å². The molecule has 1 aliphatic heterocycles. The number of carbonyl (C=O) groups is 1. The number of amides is 1. The lowest BCUT2D eigenvalue weighted by atomic mass is 9.85. The molecule has 162 valence electrons. The fourth-order valence-corrected chi connectivity index (χ4v) is 4.37. The summed E-state index contributed by atoms with van der Waals surface area (Å²) in [5.41, 5.74) is 1.82. The molecule has 2 aromatic carbocycles. The van der Waals surface area contributed by atoms with E-state index in [0.717, 1.165) is 25.1 Å². The number of carbonyl (C=O) groups excluding carboxylic acids is 1. The molecule has 1 N–H and O–H groups in total. The van der Waals surface area contributed by atoms with Gasteiger partial charge in [0.25, 0.3) is 5.91 Å². The minimum absolute atomic E-state index is 0.207. The van der Waals surface area contributed by atoms with Crippen molar-refractivity contribution >= 4 is 5.91 Å². The fourth-order valence-electron chi connectivity index (χ4n) is 4.37. The maximum atomic E-state index is 14.5. The molecule has 6 nitrogen and oxygen atoms in total. The Morgan fingerprint density at radius 2 is 2.06 bits per heavy atom. The van der Waals surface area contributed by atoms with Crippen LogP contribution in [0.15, 0.2) is 60.9 Å². The average Bonchev–Trinajstić information content (AvgIpc) is 3.32. The Kier molecular flexibility index (Phi) is 6.32. The Morgan fingerprint density at radius 3 is 2.74 bits per heavy atom. The zero-order valence-corrected chi connectivity index (χ0v) is 17.8. The van der Waals surface area contributed by atoms with Crippen molar-refractivity contribution in [3.63, 3.8) is 0 Å². The summed E-state index contributed by atoms with van der Waals surface area (Å²) in [7, 11) is 3.77. The molecule has 2 heterocycles. The molecule has 2 unspecified atom stereocenters. The summed E-state index contributed by atoms with van der Waals surface area (Å²) in [6, 6.07) is 14.5. The largest absolute Gasteiger partial charge is 0.497 e. The first-order chi connectivity index (χ1) is 15.1. The second-order valence-corrected chi connectivity index (χ2v) is 7.93. The van der Waals surface area contributed by atoms with Crippen molar-refractivity contribution in [1.82, 2.24) is 20.0 Å². The number of nitrogens with one attached hydrogen (secondary N) is 1. The van der Waals surface area contributed by atoms with E-state index in [2.05, 4.69) is 34.5 Å². The van der Waals surface area contributed by atoms with Gasteiger partial charge in [-0.2, -0.15) is 5.10 Å². The molecule has 4 rings (SSSR count). The number of hydrogen-bond acceptors (Lipinski definition) is 4. The number of nitrogens with zero attached hydrogens (tertiary/aromatic N) is 3. The molecule has 7 heteroatoms. The van der Waals surface area contributed by atoms with E-state index in [-0.39, 0.29) is 17.9 Å². The van der Waals surface area contributed by atoms with Crippen LogP contribution in [0.1, 0.15) is 34.8 Å². The summed E-state index contributed by atoms with van der Waals surface area (Å²) < 4.78 is 21.2. The standard InChI is InChI=1S/C24H27FN4O2/c1-28-13-3-5-19(23(28)17-6-9-20(31-2)10-7-17)16-26-24(30)18-8-11-22(21(25)15-18)29-14-4-12-27-29/h4,6-12,14-15,19,23H,3,5,13,16H2,1-2H3,(H,26,30). The maximum Gasteiger partial charge on any atom is 0.251 e. The molecule has 0 radical (unpaired) electrons. The molecule has 0 saturated carbocycles. The summed E-state index contributed by atoms with van der Waals surface area (Å²) in [5.74, 6) is 0.342. The van der Waals surface area contributed by atoms with Crippen LogP contribution in [0.5, 0.6) is 5.75 Å². The SMILES string of the molecule is COc1ccc(C2C(CNC(=O)c3ccc(-n4cccn4)c(F)c3)CCCN2C)cc1. The van der Waals surface area contributed by atoms with Crippen LogP contribution < -0.4 is 10.1 Å². The van der Waals surface area contributed by atoms with Gasteiger partial charge in [-0.05, 0) is 74.3 Å². The van der Waals surface area contributed by atoms with Gasteiger partial charge in [-0.15, -0.1) is 0 Å². The highest BCUT2D eigenvalue weighted by atomic mass is 19.1. The zero-order valence-electron chi connectivity index (χ0n) is 17.8. The van der Waals surface area contributed by atoms with Gasteiger partial charge < -0.3 is 10.1 Å². The van der Waals surface area contributed by atoms with Crippen molar-refractivity contribution in [1.29, 1.82) is 0 Å². The van der Waals surface area contributed by atoms with E-state index >= 15 is 0 Å². The Balaban J connectivity index is 1.45. The normalized spacial score (nSPS) is 19.2. The van der Waals surface area contributed by atoms with E-state index in [4.69, 9.17) is 4.74 Å². The Hall–Kier alpha value is -3.19. The van der Waals surface area contributed by atoms with Crippen molar-refractivity contribution in [2.45, 2.75) is 18.9 Å².